The Hall–Kier alpha value is -1.16. The Balaban J connectivity index is 2.41. The number of aryl methyl sites for hydroxylation is 1. The lowest BCUT2D eigenvalue weighted by atomic mass is 9.80. The van der Waals surface area contributed by atoms with Gasteiger partial charge in [-0.25, -0.2) is 4.98 Å². The third-order valence-electron chi connectivity index (χ3n) is 3.56. The molecule has 0 radical (unpaired) electrons. The van der Waals surface area contributed by atoms with E-state index in [1.165, 1.54) is 0 Å². The normalized spacial score (nSPS) is 14.1. The molecule has 0 amide bonds. The van der Waals surface area contributed by atoms with Gasteiger partial charge in [0.15, 0.2) is 5.65 Å². The van der Waals surface area contributed by atoms with Gasteiger partial charge in [0.2, 0.25) is 0 Å². The van der Waals surface area contributed by atoms with Crippen LogP contribution in [-0.4, -0.2) is 19.6 Å². The first kappa shape index (κ1) is 13.3. The van der Waals surface area contributed by atoms with Crippen LogP contribution in [0.2, 0.25) is 5.15 Å². The van der Waals surface area contributed by atoms with Crippen molar-refractivity contribution in [3.63, 3.8) is 0 Å². The Kier molecular flexibility index (Phi) is 3.32. The first-order valence-corrected chi connectivity index (χ1v) is 6.54. The first-order chi connectivity index (χ1) is 8.29. The van der Waals surface area contributed by atoms with Crippen molar-refractivity contribution in [2.24, 2.45) is 11.3 Å². The largest absolute Gasteiger partial charge is 0.267 e. The molecule has 18 heavy (non-hydrogen) atoms. The zero-order chi connectivity index (χ0) is 13.5. The number of rotatable bonds is 2. The second-order valence-electron chi connectivity index (χ2n) is 5.91. The quantitative estimate of drug-likeness (QED) is 0.783. The molecule has 0 aromatic carbocycles. The summed E-state index contributed by atoms with van der Waals surface area (Å²) in [4.78, 5) is 4.25. The van der Waals surface area contributed by atoms with Gasteiger partial charge in [0.05, 0.1) is 0 Å². The van der Waals surface area contributed by atoms with E-state index >= 15 is 0 Å². The second kappa shape index (κ2) is 4.50. The topological polar surface area (TPSA) is 43.1 Å². The fraction of sp³-hybridized carbons (Fsp3) is 0.615. The van der Waals surface area contributed by atoms with Crippen molar-refractivity contribution in [3.05, 3.63) is 22.9 Å². The van der Waals surface area contributed by atoms with Crippen LogP contribution in [0, 0.1) is 18.3 Å². The highest BCUT2D eigenvalue weighted by Crippen LogP contribution is 2.28. The molecule has 2 heterocycles. The van der Waals surface area contributed by atoms with Crippen LogP contribution in [0.15, 0.2) is 6.07 Å². The maximum atomic E-state index is 5.92. The summed E-state index contributed by atoms with van der Waals surface area (Å²) < 4.78 is 1.98. The van der Waals surface area contributed by atoms with Gasteiger partial charge in [0.25, 0.3) is 0 Å². The Bertz CT molecular complexity index is 568. The van der Waals surface area contributed by atoms with E-state index in [0.717, 1.165) is 23.7 Å². The van der Waals surface area contributed by atoms with Crippen LogP contribution in [0.3, 0.4) is 0 Å². The van der Waals surface area contributed by atoms with Crippen LogP contribution in [0.25, 0.3) is 5.65 Å². The number of nitrogens with zero attached hydrogens (tertiary/aromatic N) is 4. The summed E-state index contributed by atoms with van der Waals surface area (Å²) in [5.41, 5.74) is 1.02. The lowest BCUT2D eigenvalue weighted by Crippen LogP contribution is -2.20. The molecule has 98 valence electrons. The van der Waals surface area contributed by atoms with Gasteiger partial charge in [-0.1, -0.05) is 39.3 Å². The third-order valence-corrected chi connectivity index (χ3v) is 3.76. The van der Waals surface area contributed by atoms with Crippen molar-refractivity contribution in [2.45, 2.75) is 41.0 Å². The standard InChI is InChI=1S/C13H19ClN4/c1-8(13(3,4)5)6-11-16-17-12-7-10(14)15-9(2)18(11)12/h7-8H,6H2,1-5H3. The second-order valence-corrected chi connectivity index (χ2v) is 6.29. The molecule has 1 atom stereocenters. The summed E-state index contributed by atoms with van der Waals surface area (Å²) >= 11 is 5.92. The van der Waals surface area contributed by atoms with E-state index in [-0.39, 0.29) is 5.41 Å². The van der Waals surface area contributed by atoms with Crippen LogP contribution in [0.1, 0.15) is 39.3 Å². The molecule has 0 saturated carbocycles. The molecule has 4 nitrogen and oxygen atoms in total. The molecule has 1 unspecified atom stereocenters. The van der Waals surface area contributed by atoms with Gasteiger partial charge in [-0.15, -0.1) is 10.2 Å². The monoisotopic (exact) mass is 266 g/mol. The molecule has 5 heteroatoms. The summed E-state index contributed by atoms with van der Waals surface area (Å²) in [5.74, 6) is 2.30. The average Bonchev–Trinajstić information content (AvgIpc) is 2.59. The van der Waals surface area contributed by atoms with Crippen molar-refractivity contribution in [1.29, 1.82) is 0 Å². The SMILES string of the molecule is Cc1nc(Cl)cc2nnc(CC(C)C(C)(C)C)n12. The molecule has 0 N–H and O–H groups in total. The number of hydrogen-bond donors (Lipinski definition) is 0. The van der Waals surface area contributed by atoms with Crippen molar-refractivity contribution >= 4 is 17.2 Å². The maximum absolute atomic E-state index is 5.92. The Morgan fingerprint density at radius 1 is 1.33 bits per heavy atom. The maximum Gasteiger partial charge on any atom is 0.165 e. The zero-order valence-corrected chi connectivity index (χ0v) is 12.3. The Morgan fingerprint density at radius 3 is 2.61 bits per heavy atom. The molecular formula is C13H19ClN4. The lowest BCUT2D eigenvalue weighted by Gasteiger charge is -2.26. The van der Waals surface area contributed by atoms with Gasteiger partial charge < -0.3 is 0 Å². The van der Waals surface area contributed by atoms with E-state index in [1.54, 1.807) is 6.07 Å². The van der Waals surface area contributed by atoms with Gasteiger partial charge in [0.1, 0.15) is 16.8 Å². The first-order valence-electron chi connectivity index (χ1n) is 6.16. The molecule has 0 spiro atoms. The summed E-state index contributed by atoms with van der Waals surface area (Å²) in [7, 11) is 0. The highest BCUT2D eigenvalue weighted by molar-refractivity contribution is 6.29. The summed E-state index contributed by atoms with van der Waals surface area (Å²) in [6.45, 7) is 10.9. The van der Waals surface area contributed by atoms with Crippen molar-refractivity contribution < 1.29 is 0 Å². The van der Waals surface area contributed by atoms with Crippen LogP contribution < -0.4 is 0 Å². The molecular weight excluding hydrogens is 248 g/mol. The molecule has 0 bridgehead atoms. The fourth-order valence-corrected chi connectivity index (χ4v) is 2.05. The minimum absolute atomic E-state index is 0.250. The number of fused-ring (bicyclic) bond motifs is 1. The highest BCUT2D eigenvalue weighted by Gasteiger charge is 2.22. The smallest absolute Gasteiger partial charge is 0.165 e. The van der Waals surface area contributed by atoms with Gasteiger partial charge >= 0.3 is 0 Å². The van der Waals surface area contributed by atoms with Gasteiger partial charge in [-0.2, -0.15) is 0 Å². The highest BCUT2D eigenvalue weighted by atomic mass is 35.5. The molecule has 0 aliphatic carbocycles. The number of aromatic nitrogens is 4. The van der Waals surface area contributed by atoms with E-state index in [4.69, 9.17) is 11.6 Å². The average molecular weight is 267 g/mol. The number of halogens is 1. The van der Waals surface area contributed by atoms with Crippen molar-refractivity contribution in [1.82, 2.24) is 19.6 Å². The van der Waals surface area contributed by atoms with Gasteiger partial charge in [0, 0.05) is 12.5 Å². The van der Waals surface area contributed by atoms with Gasteiger partial charge in [-0.05, 0) is 18.3 Å². The summed E-state index contributed by atoms with van der Waals surface area (Å²) in [5, 5.41) is 8.89. The van der Waals surface area contributed by atoms with Crippen molar-refractivity contribution in [3.8, 4) is 0 Å². The molecule has 2 rings (SSSR count). The van der Waals surface area contributed by atoms with Crippen LogP contribution >= 0.6 is 11.6 Å². The predicted molar refractivity (Wildman–Crippen MR) is 72.9 cm³/mol. The fourth-order valence-electron chi connectivity index (χ4n) is 1.83. The van der Waals surface area contributed by atoms with Crippen LogP contribution in [0.4, 0.5) is 0 Å². The lowest BCUT2D eigenvalue weighted by molar-refractivity contribution is 0.256. The van der Waals surface area contributed by atoms with E-state index in [1.807, 2.05) is 11.3 Å². The minimum Gasteiger partial charge on any atom is -0.267 e. The molecule has 0 aliphatic rings. The summed E-state index contributed by atoms with van der Waals surface area (Å²) in [6, 6.07) is 1.74. The molecule has 0 aliphatic heterocycles. The number of hydrogen-bond acceptors (Lipinski definition) is 3. The van der Waals surface area contributed by atoms with Gasteiger partial charge in [-0.3, -0.25) is 4.40 Å². The minimum atomic E-state index is 0.250. The third kappa shape index (κ3) is 2.48. The Morgan fingerprint density at radius 2 is 2.00 bits per heavy atom. The Labute approximate surface area is 112 Å². The van der Waals surface area contributed by atoms with Crippen LogP contribution in [-0.2, 0) is 6.42 Å². The molecule has 2 aromatic heterocycles. The van der Waals surface area contributed by atoms with E-state index < -0.39 is 0 Å². The molecule has 0 saturated heterocycles. The summed E-state index contributed by atoms with van der Waals surface area (Å²) in [6.07, 6.45) is 0.884. The van der Waals surface area contributed by atoms with E-state index in [2.05, 4.69) is 42.9 Å². The molecule has 0 fully saturated rings. The molecule has 2 aromatic rings. The predicted octanol–water partition coefficient (Wildman–Crippen LogP) is 3.31. The van der Waals surface area contributed by atoms with E-state index in [9.17, 15) is 0 Å². The van der Waals surface area contributed by atoms with Crippen LogP contribution in [0.5, 0.6) is 0 Å². The van der Waals surface area contributed by atoms with Crippen molar-refractivity contribution in [2.75, 3.05) is 0 Å². The van der Waals surface area contributed by atoms with E-state index in [0.29, 0.717) is 11.1 Å². The zero-order valence-electron chi connectivity index (χ0n) is 11.5.